The zero-order chi connectivity index (χ0) is 21.3. The van der Waals surface area contributed by atoms with Crippen molar-refractivity contribution in [2.75, 3.05) is 7.05 Å². The van der Waals surface area contributed by atoms with Crippen molar-refractivity contribution in [2.45, 2.75) is 38.1 Å². The molecule has 0 saturated heterocycles. The molecular formula is C25H29ClN2O2. The van der Waals surface area contributed by atoms with Crippen molar-refractivity contribution in [3.63, 3.8) is 0 Å². The van der Waals surface area contributed by atoms with Crippen molar-refractivity contribution in [3.05, 3.63) is 70.7 Å². The summed E-state index contributed by atoms with van der Waals surface area (Å²) < 4.78 is 0. The molecule has 0 heterocycles. The highest BCUT2D eigenvalue weighted by Gasteiger charge is 2.60. The standard InChI is InChI=1S/C25H29ClN2O2/c1-3-21(28-24(29)16-9-11-18(26)12-10-16)23-19-13-17(14-20(19)23)22(25(30)27-2)15-7-5-4-6-8-15/h4-12,17,19-23H,3,13-14H2,1-2H3,(H,27,30)(H,28,29)/t17?,19-,20+,21-,22+,23?/m1/s1. The van der Waals surface area contributed by atoms with Gasteiger partial charge in [-0.15, -0.1) is 0 Å². The van der Waals surface area contributed by atoms with Gasteiger partial charge in [0, 0.05) is 23.7 Å². The van der Waals surface area contributed by atoms with E-state index in [1.807, 2.05) is 18.2 Å². The average Bonchev–Trinajstić information content (AvgIpc) is 3.25. The number of nitrogens with one attached hydrogen (secondary N) is 2. The van der Waals surface area contributed by atoms with Gasteiger partial charge >= 0.3 is 0 Å². The molecule has 2 unspecified atom stereocenters. The van der Waals surface area contributed by atoms with Crippen LogP contribution in [0.3, 0.4) is 0 Å². The maximum Gasteiger partial charge on any atom is 0.251 e. The van der Waals surface area contributed by atoms with E-state index in [1.165, 1.54) is 0 Å². The highest BCUT2D eigenvalue weighted by Crippen LogP contribution is 2.63. The molecule has 30 heavy (non-hydrogen) atoms. The van der Waals surface area contributed by atoms with Gasteiger partial charge in [-0.05, 0) is 72.8 Å². The molecule has 5 heteroatoms. The van der Waals surface area contributed by atoms with Crippen LogP contribution in [0, 0.1) is 23.7 Å². The Labute approximate surface area is 183 Å². The fraction of sp³-hybridized carbons (Fsp3) is 0.440. The van der Waals surface area contributed by atoms with E-state index in [-0.39, 0.29) is 23.8 Å². The Morgan fingerprint density at radius 1 is 1.03 bits per heavy atom. The van der Waals surface area contributed by atoms with Crippen molar-refractivity contribution < 1.29 is 9.59 Å². The highest BCUT2D eigenvalue weighted by atomic mass is 35.5. The van der Waals surface area contributed by atoms with Gasteiger partial charge in [0.25, 0.3) is 5.91 Å². The lowest BCUT2D eigenvalue weighted by Crippen LogP contribution is -2.38. The molecule has 2 aromatic rings. The lowest BCUT2D eigenvalue weighted by atomic mass is 9.80. The molecule has 0 aliphatic heterocycles. The van der Waals surface area contributed by atoms with Gasteiger partial charge in [0.05, 0.1) is 5.92 Å². The third-order valence-corrected chi connectivity index (χ3v) is 7.29. The first-order valence-corrected chi connectivity index (χ1v) is 11.2. The maximum absolute atomic E-state index is 12.7. The summed E-state index contributed by atoms with van der Waals surface area (Å²) >= 11 is 5.93. The van der Waals surface area contributed by atoms with Crippen LogP contribution in [0.1, 0.15) is 48.0 Å². The highest BCUT2D eigenvalue weighted by molar-refractivity contribution is 6.30. The zero-order valence-electron chi connectivity index (χ0n) is 17.5. The minimum Gasteiger partial charge on any atom is -0.359 e. The number of likely N-dealkylation sites (N-methyl/N-ethyl adjacent to an activating group) is 1. The quantitative estimate of drug-likeness (QED) is 0.679. The lowest BCUT2D eigenvalue weighted by molar-refractivity contribution is -0.123. The van der Waals surface area contributed by atoms with E-state index in [2.05, 4.69) is 29.7 Å². The first-order valence-electron chi connectivity index (χ1n) is 10.9. The van der Waals surface area contributed by atoms with Gasteiger partial charge in [0.1, 0.15) is 0 Å². The van der Waals surface area contributed by atoms with Crippen molar-refractivity contribution >= 4 is 23.4 Å². The number of benzene rings is 2. The Morgan fingerprint density at radius 2 is 1.67 bits per heavy atom. The summed E-state index contributed by atoms with van der Waals surface area (Å²) in [7, 11) is 1.72. The number of hydrogen-bond acceptors (Lipinski definition) is 2. The van der Waals surface area contributed by atoms with Crippen LogP contribution in [0.4, 0.5) is 0 Å². The molecule has 2 N–H and O–H groups in total. The van der Waals surface area contributed by atoms with Crippen molar-refractivity contribution in [3.8, 4) is 0 Å². The molecule has 2 saturated carbocycles. The second kappa shape index (κ2) is 8.81. The molecule has 2 aliphatic rings. The summed E-state index contributed by atoms with van der Waals surface area (Å²) in [6.45, 7) is 2.13. The van der Waals surface area contributed by atoms with Crippen molar-refractivity contribution in [2.24, 2.45) is 23.7 Å². The van der Waals surface area contributed by atoms with Crippen LogP contribution < -0.4 is 10.6 Å². The van der Waals surface area contributed by atoms with Gasteiger partial charge in [-0.25, -0.2) is 0 Å². The minimum absolute atomic E-state index is 0.0347. The van der Waals surface area contributed by atoms with Gasteiger partial charge in [0.15, 0.2) is 0 Å². The molecule has 2 aromatic carbocycles. The smallest absolute Gasteiger partial charge is 0.251 e. The molecule has 2 fully saturated rings. The largest absolute Gasteiger partial charge is 0.359 e. The first-order chi connectivity index (χ1) is 14.5. The van der Waals surface area contributed by atoms with Crippen LogP contribution in [0.2, 0.25) is 5.02 Å². The second-order valence-corrected chi connectivity index (χ2v) is 9.07. The summed E-state index contributed by atoms with van der Waals surface area (Å²) in [6.07, 6.45) is 3.02. The molecular weight excluding hydrogens is 396 g/mol. The SMILES string of the molecule is CC[C@@H](NC(=O)c1ccc(Cl)cc1)C1[C@H]2CC([C@@H](C(=O)NC)c3ccccc3)C[C@@H]12. The number of fused-ring (bicyclic) bond motifs is 1. The van der Waals surface area contributed by atoms with Gasteiger partial charge in [-0.3, -0.25) is 9.59 Å². The summed E-state index contributed by atoms with van der Waals surface area (Å²) in [5.41, 5.74) is 1.74. The van der Waals surface area contributed by atoms with E-state index in [9.17, 15) is 9.59 Å². The van der Waals surface area contributed by atoms with Crippen molar-refractivity contribution in [1.29, 1.82) is 0 Å². The topological polar surface area (TPSA) is 58.2 Å². The predicted molar refractivity (Wildman–Crippen MR) is 119 cm³/mol. The second-order valence-electron chi connectivity index (χ2n) is 8.63. The third kappa shape index (κ3) is 4.11. The summed E-state index contributed by atoms with van der Waals surface area (Å²) in [5.74, 6) is 2.06. The van der Waals surface area contributed by atoms with Crippen LogP contribution in [-0.2, 0) is 4.79 Å². The molecule has 0 aromatic heterocycles. The van der Waals surface area contributed by atoms with Crippen LogP contribution >= 0.6 is 11.6 Å². The molecule has 6 atom stereocenters. The molecule has 4 rings (SSSR count). The number of halogens is 1. The number of rotatable bonds is 7. The molecule has 4 nitrogen and oxygen atoms in total. The molecule has 2 aliphatic carbocycles. The van der Waals surface area contributed by atoms with Crippen LogP contribution in [0.15, 0.2) is 54.6 Å². The van der Waals surface area contributed by atoms with E-state index in [4.69, 9.17) is 11.6 Å². The number of hydrogen-bond donors (Lipinski definition) is 2. The predicted octanol–water partition coefficient (Wildman–Crippen LogP) is 4.65. The van der Waals surface area contributed by atoms with Gasteiger partial charge < -0.3 is 10.6 Å². The molecule has 158 valence electrons. The van der Waals surface area contributed by atoms with Gasteiger partial charge in [-0.1, -0.05) is 48.9 Å². The average molecular weight is 425 g/mol. The number of carbonyl (C=O) groups excluding carboxylic acids is 2. The number of carbonyl (C=O) groups is 2. The summed E-state index contributed by atoms with van der Waals surface area (Å²) in [5, 5.41) is 6.73. The van der Waals surface area contributed by atoms with Crippen LogP contribution in [0.5, 0.6) is 0 Å². The zero-order valence-corrected chi connectivity index (χ0v) is 18.2. The molecule has 0 bridgehead atoms. The molecule has 0 radical (unpaired) electrons. The Kier molecular flexibility index (Phi) is 6.14. The molecule has 2 amide bonds. The summed E-state index contributed by atoms with van der Waals surface area (Å²) in [6, 6.07) is 17.3. The fourth-order valence-corrected chi connectivity index (χ4v) is 5.71. The van der Waals surface area contributed by atoms with Crippen molar-refractivity contribution in [1.82, 2.24) is 10.6 Å². The Bertz CT molecular complexity index is 887. The Hall–Kier alpha value is -2.33. The van der Waals surface area contributed by atoms with Crippen LogP contribution in [-0.4, -0.2) is 24.9 Å². The van der Waals surface area contributed by atoms with Gasteiger partial charge in [-0.2, -0.15) is 0 Å². The Morgan fingerprint density at radius 3 is 2.23 bits per heavy atom. The summed E-state index contributed by atoms with van der Waals surface area (Å²) in [4.78, 5) is 25.3. The fourth-order valence-electron chi connectivity index (χ4n) is 5.58. The van der Waals surface area contributed by atoms with E-state index >= 15 is 0 Å². The van der Waals surface area contributed by atoms with E-state index in [0.29, 0.717) is 34.3 Å². The Balaban J connectivity index is 1.40. The number of amides is 2. The first kappa shape index (κ1) is 20.9. The van der Waals surface area contributed by atoms with E-state index in [1.54, 1.807) is 31.3 Å². The van der Waals surface area contributed by atoms with Crippen LogP contribution in [0.25, 0.3) is 0 Å². The maximum atomic E-state index is 12.7. The molecule has 0 spiro atoms. The van der Waals surface area contributed by atoms with E-state index < -0.39 is 0 Å². The van der Waals surface area contributed by atoms with Gasteiger partial charge in [0.2, 0.25) is 5.91 Å². The van der Waals surface area contributed by atoms with E-state index in [0.717, 1.165) is 24.8 Å². The minimum atomic E-state index is -0.0895. The monoisotopic (exact) mass is 424 g/mol. The lowest BCUT2D eigenvalue weighted by Gasteiger charge is -2.26. The third-order valence-electron chi connectivity index (χ3n) is 7.03. The normalized spacial score (nSPS) is 26.4.